The van der Waals surface area contributed by atoms with Gasteiger partial charge < -0.3 is 66.1 Å². The van der Waals surface area contributed by atoms with Gasteiger partial charge in [-0.25, -0.2) is 19.3 Å². The van der Waals surface area contributed by atoms with Crippen LogP contribution in [0, 0.1) is 23.6 Å². The second kappa shape index (κ2) is 33.4. The molecule has 22 nitrogen and oxygen atoms in total. The van der Waals surface area contributed by atoms with Gasteiger partial charge in [0, 0.05) is 69.1 Å². The van der Waals surface area contributed by atoms with Gasteiger partial charge in [0.05, 0.1) is 91.5 Å². The minimum absolute atomic E-state index is 0.00897. The number of hydrazone groups is 1. The Morgan fingerprint density at radius 2 is 1.65 bits per heavy atom. The molecule has 1 aliphatic heterocycles. The van der Waals surface area contributed by atoms with Gasteiger partial charge in [-0.3, -0.25) is 24.2 Å². The first-order valence-corrected chi connectivity index (χ1v) is 30.5. The average molecular weight is 1230 g/mol. The summed E-state index contributed by atoms with van der Waals surface area (Å²) in [4.78, 5) is 74.7. The van der Waals surface area contributed by atoms with E-state index in [9.17, 15) is 28.7 Å². The maximum absolute atomic E-state index is 14.7. The first-order chi connectivity index (χ1) is 41.0. The molecule has 460 valence electrons. The summed E-state index contributed by atoms with van der Waals surface area (Å²) in [6.45, 7) is 10.9. The lowest BCUT2D eigenvalue weighted by Crippen LogP contribution is -2.58. The second-order valence-electron chi connectivity index (χ2n) is 21.7. The number of carbonyl (C=O) groups is 4. The van der Waals surface area contributed by atoms with Crippen molar-refractivity contribution in [3.8, 4) is 16.2 Å². The quantitative estimate of drug-likeness (QED) is 0.0109. The molecular weight excluding hydrogens is 1160 g/mol. The number of aliphatic hydroxyl groups excluding tert-OH is 1. The number of halogens is 2. The Morgan fingerprint density at radius 3 is 2.36 bits per heavy atom. The van der Waals surface area contributed by atoms with Crippen molar-refractivity contribution in [1.82, 2.24) is 41.1 Å². The number of hydrogen-bond acceptors (Lipinski definition) is 20. The third kappa shape index (κ3) is 20.6. The molecule has 2 aromatic carbocycles. The Bertz CT molecular complexity index is 2980. The Hall–Kier alpha value is -6.55. The maximum Gasteiger partial charge on any atom is 0.246 e. The lowest BCUT2D eigenvalue weighted by molar-refractivity contribution is -0.144. The van der Waals surface area contributed by atoms with E-state index in [-0.39, 0.29) is 81.2 Å². The minimum Gasteiger partial charge on any atom is -0.487 e. The smallest absolute Gasteiger partial charge is 0.246 e. The van der Waals surface area contributed by atoms with Crippen molar-refractivity contribution in [2.24, 2.45) is 26.8 Å². The molecular formula is C59H78ClFN12O10S2. The molecule has 85 heavy (non-hydrogen) atoms. The molecule has 7 rings (SSSR count). The topological polar surface area (TPSA) is 287 Å². The van der Waals surface area contributed by atoms with Gasteiger partial charge in [-0.2, -0.15) is 5.10 Å². The second-order valence-corrected chi connectivity index (χ2v) is 23.9. The Kier molecular flexibility index (Phi) is 25.9. The molecule has 2 aliphatic rings. The van der Waals surface area contributed by atoms with Crippen LogP contribution in [0.5, 0.6) is 5.75 Å². The van der Waals surface area contributed by atoms with Crippen LogP contribution in [-0.4, -0.2) is 170 Å². The number of β-amino-alcohol motifs (C(OH)–C–C–N with tert-alkyl or cyclic N) is 1. The average Bonchev–Trinajstić information content (AvgIpc) is 2.81. The zero-order valence-electron chi connectivity index (χ0n) is 48.5. The van der Waals surface area contributed by atoms with E-state index < -0.39 is 46.6 Å². The van der Waals surface area contributed by atoms with Crippen LogP contribution in [-0.2, 0) is 51.1 Å². The molecule has 1 saturated heterocycles. The van der Waals surface area contributed by atoms with E-state index in [1.54, 1.807) is 35.2 Å². The summed E-state index contributed by atoms with van der Waals surface area (Å²) >= 11 is 9.02. The fraction of sp³-hybridized carbons (Fsp3) is 0.508. The van der Waals surface area contributed by atoms with Gasteiger partial charge in [-0.15, -0.1) is 22.7 Å². The summed E-state index contributed by atoms with van der Waals surface area (Å²) in [5.74, 6) is 4.25. The van der Waals surface area contributed by atoms with Gasteiger partial charge in [0.15, 0.2) is 16.7 Å². The van der Waals surface area contributed by atoms with Crippen LogP contribution in [0.2, 0.25) is 5.02 Å². The SMILES string of the molecule is Cc1ncsc1-c1ccc(CNC(=O)[C@@H]2C[C@@H](O)CN2C(=O)[C@@H](NC(=O)COCCNCCN=CC(COCCOCCOCCNC(=O)C2(Cc3cccc(Nc4nccs4)n3)CCC(Oc3cccc(Cl)c3F)CC2)=NN)C(C)(C)C)cc1. The Balaban J connectivity index is 0.716. The fourth-order valence-corrected chi connectivity index (χ4v) is 11.3. The van der Waals surface area contributed by atoms with Gasteiger partial charge in [-0.05, 0) is 73.4 Å². The number of carbonyl (C=O) groups excluding carboxylic acids is 4. The number of pyridine rings is 1. The van der Waals surface area contributed by atoms with Crippen molar-refractivity contribution in [3.05, 3.63) is 106 Å². The molecule has 26 heteroatoms. The molecule has 0 bridgehead atoms. The molecule has 8 N–H and O–H groups in total. The number of likely N-dealkylation sites (tertiary alicyclic amines) is 1. The van der Waals surface area contributed by atoms with Crippen molar-refractivity contribution < 1.29 is 52.4 Å². The number of aliphatic hydroxyl groups is 1. The lowest BCUT2D eigenvalue weighted by atomic mass is 9.69. The van der Waals surface area contributed by atoms with Crippen molar-refractivity contribution in [3.63, 3.8) is 0 Å². The molecule has 2 fully saturated rings. The highest BCUT2D eigenvalue weighted by molar-refractivity contribution is 7.13. The van der Waals surface area contributed by atoms with Crippen LogP contribution in [0.15, 0.2) is 87.8 Å². The van der Waals surface area contributed by atoms with Crippen LogP contribution in [0.3, 0.4) is 0 Å². The number of aliphatic imine (C=N–C) groups is 1. The summed E-state index contributed by atoms with van der Waals surface area (Å²) in [6.07, 6.45) is 4.63. The van der Waals surface area contributed by atoms with Crippen LogP contribution < -0.4 is 37.2 Å². The number of ether oxygens (including phenoxy) is 5. The van der Waals surface area contributed by atoms with E-state index in [1.165, 1.54) is 28.5 Å². The summed E-state index contributed by atoms with van der Waals surface area (Å²) in [5, 5.41) is 32.1. The first-order valence-electron chi connectivity index (χ1n) is 28.4. The van der Waals surface area contributed by atoms with Gasteiger partial charge in [0.25, 0.3) is 0 Å². The molecule has 1 saturated carbocycles. The number of nitrogens with two attached hydrogens (primary N) is 1. The van der Waals surface area contributed by atoms with E-state index in [0.717, 1.165) is 27.4 Å². The normalized spacial score (nSPS) is 18.6. The fourth-order valence-electron chi connectivity index (χ4n) is 9.77. The highest BCUT2D eigenvalue weighted by Gasteiger charge is 2.45. The van der Waals surface area contributed by atoms with Crippen LogP contribution in [0.1, 0.15) is 69.8 Å². The minimum atomic E-state index is -0.980. The molecule has 0 radical (unpaired) electrons. The number of anilines is 2. The summed E-state index contributed by atoms with van der Waals surface area (Å²) in [6, 6.07) is 16.3. The largest absolute Gasteiger partial charge is 0.487 e. The van der Waals surface area contributed by atoms with Gasteiger partial charge >= 0.3 is 0 Å². The van der Waals surface area contributed by atoms with E-state index in [0.29, 0.717) is 94.8 Å². The van der Waals surface area contributed by atoms with Gasteiger partial charge in [0.1, 0.15) is 30.2 Å². The summed E-state index contributed by atoms with van der Waals surface area (Å²) in [7, 11) is 0. The number of rotatable bonds is 33. The van der Waals surface area contributed by atoms with Crippen LogP contribution in [0.4, 0.5) is 15.3 Å². The van der Waals surface area contributed by atoms with Crippen molar-refractivity contribution >= 4 is 80.8 Å². The number of benzene rings is 2. The van der Waals surface area contributed by atoms with Gasteiger partial charge in [-0.1, -0.05) is 68.8 Å². The molecule has 0 spiro atoms. The monoisotopic (exact) mass is 1230 g/mol. The number of nitrogens with zero attached hydrogens (tertiary/aromatic N) is 6. The molecule has 5 aromatic rings. The van der Waals surface area contributed by atoms with Crippen molar-refractivity contribution in [2.45, 2.75) is 97.1 Å². The highest BCUT2D eigenvalue weighted by atomic mass is 35.5. The molecule has 1 aliphatic carbocycles. The standard InChI is InChI=1S/C59H78ClFN12O10S2/c1-39-52(85-38-68-39)41-13-11-40(12-14-41)33-67-54(76)47-31-44(74)35-73(47)55(77)53(58(2,3)4)71-50(75)37-81-24-21-63-19-20-64-34-43(72-62)36-82-29-28-80-27-26-79-25-22-65-56(78)59(32-42-7-5-10-49(69-42)70-57-66-23-30-84-57)17-15-45(16-18-59)83-48-9-6-8-46(60)51(48)61/h5-14,23,30,34,38,44-45,47,53,63,74H,15-22,24-29,31-33,35-37,62H2,1-4H3,(H,65,78)(H,67,76)(H,71,75)(H,66,69,70)/t44-,45?,47+,53-,59?/m1/s1. The number of amides is 4. The maximum atomic E-state index is 14.7. The Morgan fingerprint density at radius 1 is 0.918 bits per heavy atom. The zero-order valence-corrected chi connectivity index (χ0v) is 50.9. The summed E-state index contributed by atoms with van der Waals surface area (Å²) in [5.41, 5.74) is 4.39. The van der Waals surface area contributed by atoms with E-state index >= 15 is 0 Å². The Labute approximate surface area is 508 Å². The number of hydrogen-bond donors (Lipinski definition) is 7. The number of aryl methyl sites for hydroxylation is 1. The van der Waals surface area contributed by atoms with Crippen molar-refractivity contribution in [1.29, 1.82) is 0 Å². The van der Waals surface area contributed by atoms with Crippen LogP contribution in [0.25, 0.3) is 10.4 Å². The van der Waals surface area contributed by atoms with E-state index in [1.807, 2.05) is 75.5 Å². The van der Waals surface area contributed by atoms with Gasteiger partial charge in [0.2, 0.25) is 23.6 Å². The third-order valence-electron chi connectivity index (χ3n) is 14.3. The predicted octanol–water partition coefficient (Wildman–Crippen LogP) is 6.02. The molecule has 4 amide bonds. The first kappa shape index (κ1) is 66.0. The van der Waals surface area contributed by atoms with E-state index in [4.69, 9.17) is 46.1 Å². The molecule has 4 heterocycles. The summed E-state index contributed by atoms with van der Waals surface area (Å²) < 4.78 is 43.4. The molecule has 3 aromatic heterocycles. The number of thiazole rings is 2. The highest BCUT2D eigenvalue weighted by Crippen LogP contribution is 2.41. The zero-order chi connectivity index (χ0) is 60.6. The number of nitrogens with one attached hydrogen (secondary N) is 5. The molecule has 3 atom stereocenters. The van der Waals surface area contributed by atoms with Crippen LogP contribution >= 0.6 is 34.3 Å². The number of aromatic nitrogens is 3. The van der Waals surface area contributed by atoms with E-state index in [2.05, 4.69) is 46.6 Å². The lowest BCUT2D eigenvalue weighted by Gasteiger charge is -2.39. The molecule has 0 unspecified atom stereocenters. The predicted molar refractivity (Wildman–Crippen MR) is 326 cm³/mol. The van der Waals surface area contributed by atoms with Crippen molar-refractivity contribution in [2.75, 3.05) is 90.9 Å². The third-order valence-corrected chi connectivity index (χ3v) is 16.3.